The zero-order valence-electron chi connectivity index (χ0n) is 12.4. The first-order valence-corrected chi connectivity index (χ1v) is 8.09. The van der Waals surface area contributed by atoms with Gasteiger partial charge in [0.2, 0.25) is 0 Å². The topological polar surface area (TPSA) is 46.9 Å². The Balaban J connectivity index is 1.62. The van der Waals surface area contributed by atoms with Crippen LogP contribution in [0.2, 0.25) is 0 Å². The molecule has 1 N–H and O–H groups in total. The average molecular weight is 370 g/mol. The van der Waals surface area contributed by atoms with Gasteiger partial charge in [0.05, 0.1) is 6.54 Å². The Kier molecular flexibility index (Phi) is 4.88. The van der Waals surface area contributed by atoms with Gasteiger partial charge < -0.3 is 9.88 Å². The summed E-state index contributed by atoms with van der Waals surface area (Å²) in [5, 5.41) is 3.28. The van der Waals surface area contributed by atoms with E-state index in [4.69, 9.17) is 0 Å². The highest BCUT2D eigenvalue weighted by Gasteiger charge is 1.99. The highest BCUT2D eigenvalue weighted by Crippen LogP contribution is 2.12. The molecule has 2 aromatic heterocycles. The van der Waals surface area contributed by atoms with Gasteiger partial charge in [-0.25, -0.2) is 4.98 Å². The Hall–Kier alpha value is -2.40. The van der Waals surface area contributed by atoms with Crippen LogP contribution in [-0.2, 0) is 13.1 Å². The number of anilines is 1. The normalized spacial score (nSPS) is 10.5. The first-order valence-electron chi connectivity index (χ1n) is 7.29. The monoisotopic (exact) mass is 369 g/mol. The van der Waals surface area contributed by atoms with Crippen LogP contribution in [0.15, 0.2) is 76.3 Å². The summed E-state index contributed by atoms with van der Waals surface area (Å²) < 4.78 is 2.66. The van der Waals surface area contributed by atoms with Gasteiger partial charge >= 0.3 is 0 Å². The molecule has 0 aliphatic carbocycles. The quantitative estimate of drug-likeness (QED) is 0.746. The van der Waals surface area contributed by atoms with Gasteiger partial charge in [-0.15, -0.1) is 0 Å². The Labute approximate surface area is 143 Å². The van der Waals surface area contributed by atoms with Gasteiger partial charge in [0.25, 0.3) is 5.56 Å². The molecule has 4 nitrogen and oxygen atoms in total. The number of aromatic nitrogens is 2. The third-order valence-corrected chi connectivity index (χ3v) is 3.94. The minimum atomic E-state index is 0.0135. The summed E-state index contributed by atoms with van der Waals surface area (Å²) in [6.07, 6.45) is 3.57. The molecule has 3 aromatic rings. The van der Waals surface area contributed by atoms with Crippen molar-refractivity contribution < 1.29 is 0 Å². The third-order valence-electron chi connectivity index (χ3n) is 3.48. The Morgan fingerprint density at radius 3 is 2.48 bits per heavy atom. The molecule has 0 saturated carbocycles. The summed E-state index contributed by atoms with van der Waals surface area (Å²) >= 11 is 3.37. The predicted octanol–water partition coefficient (Wildman–Crippen LogP) is 3.67. The summed E-state index contributed by atoms with van der Waals surface area (Å²) in [5.41, 5.74) is 2.28. The molecule has 0 fully saturated rings. The fourth-order valence-electron chi connectivity index (χ4n) is 2.22. The average Bonchev–Trinajstić information content (AvgIpc) is 2.58. The van der Waals surface area contributed by atoms with Crippen LogP contribution in [-0.4, -0.2) is 9.55 Å². The number of pyridine rings is 2. The molecule has 0 spiro atoms. The van der Waals surface area contributed by atoms with Crippen molar-refractivity contribution in [1.29, 1.82) is 0 Å². The Morgan fingerprint density at radius 2 is 1.78 bits per heavy atom. The summed E-state index contributed by atoms with van der Waals surface area (Å²) in [6, 6.07) is 17.3. The molecule has 23 heavy (non-hydrogen) atoms. The fourth-order valence-corrected chi connectivity index (χ4v) is 2.46. The van der Waals surface area contributed by atoms with Crippen molar-refractivity contribution in [2.45, 2.75) is 13.1 Å². The molecule has 0 unspecified atom stereocenters. The maximum Gasteiger partial charge on any atom is 0.250 e. The highest BCUT2D eigenvalue weighted by molar-refractivity contribution is 9.10. The van der Waals surface area contributed by atoms with Gasteiger partial charge in [0.15, 0.2) is 0 Å². The van der Waals surface area contributed by atoms with Crippen molar-refractivity contribution in [3.63, 3.8) is 0 Å². The predicted molar refractivity (Wildman–Crippen MR) is 95.5 cm³/mol. The van der Waals surface area contributed by atoms with Crippen molar-refractivity contribution >= 4 is 21.7 Å². The molecule has 0 saturated heterocycles. The third kappa shape index (κ3) is 4.29. The van der Waals surface area contributed by atoms with Crippen molar-refractivity contribution in [3.8, 4) is 0 Å². The molecule has 1 aromatic carbocycles. The molecule has 116 valence electrons. The number of halogens is 1. The number of benzene rings is 1. The zero-order chi connectivity index (χ0) is 16.1. The van der Waals surface area contributed by atoms with Gasteiger partial charge in [0.1, 0.15) is 5.82 Å². The first-order chi connectivity index (χ1) is 11.2. The van der Waals surface area contributed by atoms with Crippen LogP contribution >= 0.6 is 15.9 Å². The van der Waals surface area contributed by atoms with E-state index in [1.807, 2.05) is 30.3 Å². The van der Waals surface area contributed by atoms with E-state index >= 15 is 0 Å². The van der Waals surface area contributed by atoms with Crippen LogP contribution in [0.4, 0.5) is 5.82 Å². The standard InChI is InChI=1S/C18H16BrN3O/c19-16-8-9-17(21-12-16)20-11-14-4-6-15(7-5-14)13-22-10-2-1-3-18(22)23/h1-10,12H,11,13H2,(H,20,21). The summed E-state index contributed by atoms with van der Waals surface area (Å²) in [5.74, 6) is 0.841. The number of hydrogen-bond acceptors (Lipinski definition) is 3. The molecule has 0 atom stereocenters. The van der Waals surface area contributed by atoms with Crippen LogP contribution < -0.4 is 10.9 Å². The fraction of sp³-hybridized carbons (Fsp3) is 0.111. The largest absolute Gasteiger partial charge is 0.366 e. The highest BCUT2D eigenvalue weighted by atomic mass is 79.9. The van der Waals surface area contributed by atoms with Gasteiger partial charge in [-0.1, -0.05) is 30.3 Å². The second kappa shape index (κ2) is 7.24. The van der Waals surface area contributed by atoms with E-state index in [1.54, 1.807) is 29.1 Å². The molecular weight excluding hydrogens is 354 g/mol. The van der Waals surface area contributed by atoms with Crippen molar-refractivity contribution in [3.05, 3.63) is 92.9 Å². The number of hydrogen-bond donors (Lipinski definition) is 1. The smallest absolute Gasteiger partial charge is 0.250 e. The number of nitrogens with zero attached hydrogens (tertiary/aromatic N) is 2. The van der Waals surface area contributed by atoms with E-state index in [9.17, 15) is 4.79 Å². The van der Waals surface area contributed by atoms with E-state index in [0.29, 0.717) is 13.1 Å². The van der Waals surface area contributed by atoms with Gasteiger partial charge in [-0.2, -0.15) is 0 Å². The molecule has 0 aliphatic heterocycles. The number of nitrogens with one attached hydrogen (secondary N) is 1. The molecular formula is C18H16BrN3O. The van der Waals surface area contributed by atoms with Crippen LogP contribution in [0.25, 0.3) is 0 Å². The molecule has 5 heteroatoms. The maximum atomic E-state index is 11.7. The van der Waals surface area contributed by atoms with Gasteiger partial charge in [-0.05, 0) is 45.3 Å². The summed E-state index contributed by atoms with van der Waals surface area (Å²) in [6.45, 7) is 1.29. The SMILES string of the molecule is O=c1ccccn1Cc1ccc(CNc2ccc(Br)cn2)cc1. The van der Waals surface area contributed by atoms with Crippen LogP contribution in [0.3, 0.4) is 0 Å². The van der Waals surface area contributed by atoms with Gasteiger partial charge in [0, 0.05) is 29.5 Å². The first kappa shape index (κ1) is 15.5. The van der Waals surface area contributed by atoms with E-state index in [2.05, 4.69) is 38.4 Å². The summed E-state index contributed by atoms with van der Waals surface area (Å²) in [7, 11) is 0. The lowest BCUT2D eigenvalue weighted by atomic mass is 10.1. The van der Waals surface area contributed by atoms with Crippen molar-refractivity contribution in [2.24, 2.45) is 0 Å². The minimum Gasteiger partial charge on any atom is -0.366 e. The molecule has 3 rings (SSSR count). The number of rotatable bonds is 5. The lowest BCUT2D eigenvalue weighted by Crippen LogP contribution is -2.18. The molecule has 0 amide bonds. The van der Waals surface area contributed by atoms with E-state index < -0.39 is 0 Å². The van der Waals surface area contributed by atoms with E-state index in [1.165, 1.54) is 5.56 Å². The Bertz CT molecular complexity index is 826. The second-order valence-corrected chi connectivity index (χ2v) is 6.11. The van der Waals surface area contributed by atoms with Crippen LogP contribution in [0, 0.1) is 0 Å². The van der Waals surface area contributed by atoms with Crippen molar-refractivity contribution in [2.75, 3.05) is 5.32 Å². The van der Waals surface area contributed by atoms with E-state index in [-0.39, 0.29) is 5.56 Å². The summed E-state index contributed by atoms with van der Waals surface area (Å²) in [4.78, 5) is 16.0. The Morgan fingerprint density at radius 1 is 1.00 bits per heavy atom. The van der Waals surface area contributed by atoms with E-state index in [0.717, 1.165) is 15.9 Å². The molecule has 0 bridgehead atoms. The van der Waals surface area contributed by atoms with Crippen LogP contribution in [0.5, 0.6) is 0 Å². The maximum absolute atomic E-state index is 11.7. The molecule has 2 heterocycles. The second-order valence-electron chi connectivity index (χ2n) is 5.20. The minimum absolute atomic E-state index is 0.0135. The lowest BCUT2D eigenvalue weighted by Gasteiger charge is -2.08. The van der Waals surface area contributed by atoms with Crippen molar-refractivity contribution in [1.82, 2.24) is 9.55 Å². The zero-order valence-corrected chi connectivity index (χ0v) is 14.0. The van der Waals surface area contributed by atoms with Gasteiger partial charge in [-0.3, -0.25) is 4.79 Å². The molecule has 0 aliphatic rings. The molecule has 0 radical (unpaired) electrons. The lowest BCUT2D eigenvalue weighted by molar-refractivity contribution is 0.759. The van der Waals surface area contributed by atoms with Crippen LogP contribution in [0.1, 0.15) is 11.1 Å².